The lowest BCUT2D eigenvalue weighted by Crippen LogP contribution is -2.22. The Balaban J connectivity index is 2.14. The molecule has 25 heavy (non-hydrogen) atoms. The molecular formula is C19H21BrN4O. The lowest BCUT2D eigenvalue weighted by molar-refractivity contribution is 0.675. The number of hydrogen-bond donors (Lipinski definition) is 1. The van der Waals surface area contributed by atoms with Crippen LogP contribution in [0.1, 0.15) is 42.5 Å². The van der Waals surface area contributed by atoms with E-state index in [0.29, 0.717) is 16.7 Å². The van der Waals surface area contributed by atoms with Crippen molar-refractivity contribution < 1.29 is 0 Å². The Hall–Kier alpha value is -2.21. The molecule has 0 saturated heterocycles. The van der Waals surface area contributed by atoms with Crippen LogP contribution in [0.3, 0.4) is 0 Å². The van der Waals surface area contributed by atoms with E-state index in [0.717, 1.165) is 40.7 Å². The molecule has 0 atom stereocenters. The highest BCUT2D eigenvalue weighted by atomic mass is 79.9. The molecule has 0 radical (unpaired) electrons. The van der Waals surface area contributed by atoms with E-state index in [1.165, 1.54) is 4.68 Å². The molecule has 0 fully saturated rings. The van der Waals surface area contributed by atoms with Gasteiger partial charge in [-0.2, -0.15) is 9.78 Å². The van der Waals surface area contributed by atoms with E-state index in [9.17, 15) is 4.79 Å². The first-order chi connectivity index (χ1) is 12.0. The maximum Gasteiger partial charge on any atom is 0.282 e. The number of unbranched alkanes of at least 4 members (excludes halogenated alkanes) is 1. The van der Waals surface area contributed by atoms with Crippen molar-refractivity contribution >= 4 is 33.0 Å². The lowest BCUT2D eigenvalue weighted by Gasteiger charge is -2.09. The Kier molecular flexibility index (Phi) is 5.18. The van der Waals surface area contributed by atoms with Gasteiger partial charge in [-0.3, -0.25) is 4.79 Å². The third kappa shape index (κ3) is 3.74. The van der Waals surface area contributed by atoms with Crippen LogP contribution in [-0.2, 0) is 6.42 Å². The summed E-state index contributed by atoms with van der Waals surface area (Å²) in [6, 6.07) is 7.58. The Morgan fingerprint density at radius 1 is 1.32 bits per heavy atom. The number of aryl methyl sites for hydroxylation is 3. The predicted octanol–water partition coefficient (Wildman–Crippen LogP) is 4.33. The van der Waals surface area contributed by atoms with Gasteiger partial charge in [-0.1, -0.05) is 29.3 Å². The molecule has 0 saturated carbocycles. The Labute approximate surface area is 154 Å². The zero-order chi connectivity index (χ0) is 18.0. The monoisotopic (exact) mass is 400 g/mol. The summed E-state index contributed by atoms with van der Waals surface area (Å²) in [5.41, 5.74) is 3.64. The van der Waals surface area contributed by atoms with Crippen LogP contribution in [0.2, 0.25) is 0 Å². The van der Waals surface area contributed by atoms with Gasteiger partial charge in [0.25, 0.3) is 5.56 Å². The van der Waals surface area contributed by atoms with Gasteiger partial charge in [0.15, 0.2) is 0 Å². The van der Waals surface area contributed by atoms with Crippen molar-refractivity contribution in [2.24, 2.45) is 5.10 Å². The highest BCUT2D eigenvalue weighted by Gasteiger charge is 2.11. The topological polar surface area (TPSA) is 63.0 Å². The average molecular weight is 401 g/mol. The summed E-state index contributed by atoms with van der Waals surface area (Å²) in [7, 11) is 0. The minimum absolute atomic E-state index is 0.140. The van der Waals surface area contributed by atoms with Crippen molar-refractivity contribution in [3.05, 3.63) is 61.9 Å². The van der Waals surface area contributed by atoms with Crippen LogP contribution in [0.25, 0.3) is 10.9 Å². The molecular weight excluding hydrogens is 380 g/mol. The summed E-state index contributed by atoms with van der Waals surface area (Å²) in [5.74, 6) is 0.697. The van der Waals surface area contributed by atoms with Crippen molar-refractivity contribution in [3.63, 3.8) is 0 Å². The third-order valence-electron chi connectivity index (χ3n) is 4.13. The minimum Gasteiger partial charge on any atom is -0.362 e. The van der Waals surface area contributed by atoms with E-state index in [4.69, 9.17) is 0 Å². The highest BCUT2D eigenvalue weighted by molar-refractivity contribution is 9.10. The summed E-state index contributed by atoms with van der Waals surface area (Å²) in [6.45, 7) is 6.11. The summed E-state index contributed by atoms with van der Waals surface area (Å²) < 4.78 is 2.29. The summed E-state index contributed by atoms with van der Waals surface area (Å²) in [4.78, 5) is 20.9. The standard InChI is InChI=1S/C19H21BrN4O/c1-4-5-6-18-23-17-8-7-15(20)10-16(17)19(25)24(18)21-11-14-9-12(2)22-13(14)3/h7-11,22H,4-6H2,1-3H3. The first-order valence-electron chi connectivity index (χ1n) is 8.41. The number of nitrogens with one attached hydrogen (secondary N) is 1. The predicted molar refractivity (Wildman–Crippen MR) is 106 cm³/mol. The van der Waals surface area contributed by atoms with E-state index < -0.39 is 0 Å². The number of benzene rings is 1. The van der Waals surface area contributed by atoms with Crippen LogP contribution >= 0.6 is 15.9 Å². The zero-order valence-electron chi connectivity index (χ0n) is 14.6. The second kappa shape index (κ2) is 7.35. The number of hydrogen-bond acceptors (Lipinski definition) is 3. The Bertz CT molecular complexity index is 1000. The third-order valence-corrected chi connectivity index (χ3v) is 4.62. The number of aromatic amines is 1. The molecule has 1 aromatic carbocycles. The molecule has 130 valence electrons. The van der Waals surface area contributed by atoms with E-state index >= 15 is 0 Å². The molecule has 3 rings (SSSR count). The molecule has 0 aliphatic carbocycles. The van der Waals surface area contributed by atoms with Gasteiger partial charge in [-0.15, -0.1) is 0 Å². The largest absolute Gasteiger partial charge is 0.362 e. The van der Waals surface area contributed by atoms with Crippen LogP contribution in [0, 0.1) is 13.8 Å². The van der Waals surface area contributed by atoms with Crippen LogP contribution in [0.15, 0.2) is 38.6 Å². The van der Waals surface area contributed by atoms with Gasteiger partial charge in [0, 0.05) is 27.8 Å². The maximum atomic E-state index is 13.0. The maximum absolute atomic E-state index is 13.0. The molecule has 6 heteroatoms. The molecule has 0 spiro atoms. The van der Waals surface area contributed by atoms with Crippen molar-refractivity contribution in [1.29, 1.82) is 0 Å². The molecule has 3 aromatic rings. The summed E-state index contributed by atoms with van der Waals surface area (Å²) in [6.07, 6.45) is 4.45. The second-order valence-electron chi connectivity index (χ2n) is 6.19. The Morgan fingerprint density at radius 2 is 2.12 bits per heavy atom. The van der Waals surface area contributed by atoms with Gasteiger partial charge in [0.05, 0.1) is 17.1 Å². The van der Waals surface area contributed by atoms with E-state index in [1.807, 2.05) is 32.0 Å². The summed E-state index contributed by atoms with van der Waals surface area (Å²) >= 11 is 3.42. The fraction of sp³-hybridized carbons (Fsp3) is 0.316. The number of rotatable bonds is 5. The smallest absolute Gasteiger partial charge is 0.282 e. The van der Waals surface area contributed by atoms with Gasteiger partial charge in [0.1, 0.15) is 5.82 Å². The lowest BCUT2D eigenvalue weighted by atomic mass is 10.2. The average Bonchev–Trinajstić information content (AvgIpc) is 2.90. The normalized spacial score (nSPS) is 11.7. The first-order valence-corrected chi connectivity index (χ1v) is 9.20. The van der Waals surface area contributed by atoms with E-state index in [-0.39, 0.29) is 5.56 Å². The van der Waals surface area contributed by atoms with Gasteiger partial charge in [0.2, 0.25) is 0 Å². The molecule has 2 heterocycles. The van der Waals surface area contributed by atoms with Crippen LogP contribution < -0.4 is 5.56 Å². The quantitative estimate of drug-likeness (QED) is 0.647. The van der Waals surface area contributed by atoms with Crippen LogP contribution in [-0.4, -0.2) is 20.9 Å². The van der Waals surface area contributed by atoms with Crippen molar-refractivity contribution in [2.45, 2.75) is 40.0 Å². The molecule has 0 aliphatic heterocycles. The van der Waals surface area contributed by atoms with Crippen molar-refractivity contribution in [1.82, 2.24) is 14.6 Å². The van der Waals surface area contributed by atoms with Crippen LogP contribution in [0.4, 0.5) is 0 Å². The fourth-order valence-corrected chi connectivity index (χ4v) is 3.17. The number of nitrogens with zero attached hydrogens (tertiary/aromatic N) is 3. The van der Waals surface area contributed by atoms with Crippen LogP contribution in [0.5, 0.6) is 0 Å². The second-order valence-corrected chi connectivity index (χ2v) is 7.10. The van der Waals surface area contributed by atoms with Gasteiger partial charge in [-0.05, 0) is 44.5 Å². The zero-order valence-corrected chi connectivity index (χ0v) is 16.2. The molecule has 0 unspecified atom stereocenters. The molecule has 1 N–H and O–H groups in total. The molecule has 0 bridgehead atoms. The summed E-state index contributed by atoms with van der Waals surface area (Å²) in [5, 5.41) is 5.03. The molecule has 0 amide bonds. The fourth-order valence-electron chi connectivity index (χ4n) is 2.81. The number of aromatic nitrogens is 3. The van der Waals surface area contributed by atoms with Gasteiger partial charge < -0.3 is 4.98 Å². The number of fused-ring (bicyclic) bond motifs is 1. The van der Waals surface area contributed by atoms with Gasteiger partial charge >= 0.3 is 0 Å². The van der Waals surface area contributed by atoms with Gasteiger partial charge in [-0.25, -0.2) is 4.98 Å². The highest BCUT2D eigenvalue weighted by Crippen LogP contribution is 2.17. The Morgan fingerprint density at radius 3 is 2.80 bits per heavy atom. The van der Waals surface area contributed by atoms with E-state index in [1.54, 1.807) is 12.3 Å². The van der Waals surface area contributed by atoms with Crippen molar-refractivity contribution in [3.8, 4) is 0 Å². The van der Waals surface area contributed by atoms with E-state index in [2.05, 4.69) is 37.9 Å². The van der Waals surface area contributed by atoms with Crippen molar-refractivity contribution in [2.75, 3.05) is 0 Å². The molecule has 2 aromatic heterocycles. The number of H-pyrrole nitrogens is 1. The SMILES string of the molecule is CCCCc1nc2ccc(Br)cc2c(=O)n1N=Cc1cc(C)[nH]c1C. The molecule has 5 nitrogen and oxygen atoms in total. The first kappa shape index (κ1) is 17.6. The minimum atomic E-state index is -0.140. The molecule has 0 aliphatic rings. The number of halogens is 1.